The van der Waals surface area contributed by atoms with E-state index in [1.54, 1.807) is 6.07 Å². The lowest BCUT2D eigenvalue weighted by atomic mass is 10.1. The predicted molar refractivity (Wildman–Crippen MR) is 102 cm³/mol. The van der Waals surface area contributed by atoms with Crippen LogP contribution >= 0.6 is 0 Å². The van der Waals surface area contributed by atoms with Gasteiger partial charge >= 0.3 is 0 Å². The summed E-state index contributed by atoms with van der Waals surface area (Å²) in [6, 6.07) is 19.4. The molecule has 0 aliphatic carbocycles. The molecule has 0 saturated carbocycles. The van der Waals surface area contributed by atoms with Crippen LogP contribution in [0.2, 0.25) is 0 Å². The molecule has 0 spiro atoms. The Bertz CT molecular complexity index is 1130. The van der Waals surface area contributed by atoms with Crippen molar-refractivity contribution in [2.24, 2.45) is 0 Å². The van der Waals surface area contributed by atoms with Crippen molar-refractivity contribution in [2.45, 2.75) is 6.04 Å². The van der Waals surface area contributed by atoms with E-state index in [0.717, 1.165) is 0 Å². The summed E-state index contributed by atoms with van der Waals surface area (Å²) in [6.07, 6.45) is 0. The number of rotatable bonds is 5. The third kappa shape index (κ3) is 4.03. The highest BCUT2D eigenvalue weighted by Gasteiger charge is 2.25. The van der Waals surface area contributed by atoms with E-state index in [2.05, 4.69) is 15.5 Å². The monoisotopic (exact) mass is 391 g/mol. The fraction of sp³-hybridized carbons (Fsp3) is 0.0455. The van der Waals surface area contributed by atoms with Crippen molar-refractivity contribution in [1.29, 1.82) is 0 Å². The number of benzene rings is 3. The van der Waals surface area contributed by atoms with Crippen molar-refractivity contribution >= 4 is 5.91 Å². The van der Waals surface area contributed by atoms with Crippen molar-refractivity contribution in [3.05, 3.63) is 108 Å². The molecule has 29 heavy (non-hydrogen) atoms. The van der Waals surface area contributed by atoms with Crippen molar-refractivity contribution in [1.82, 2.24) is 15.5 Å². The number of nitrogens with one attached hydrogen (secondary N) is 1. The Morgan fingerprint density at radius 2 is 1.55 bits per heavy atom. The SMILES string of the molecule is O=C(NC(c1ccc(F)cc1)c1nnc(-c2ccccc2)o1)c1ccccc1F. The van der Waals surface area contributed by atoms with E-state index in [9.17, 15) is 13.6 Å². The number of carbonyl (C=O) groups is 1. The molecule has 1 N–H and O–H groups in total. The second kappa shape index (κ2) is 8.02. The molecule has 1 amide bonds. The molecule has 7 heteroatoms. The van der Waals surface area contributed by atoms with Crippen LogP contribution in [0.5, 0.6) is 0 Å². The Hall–Kier alpha value is -3.87. The zero-order valence-corrected chi connectivity index (χ0v) is 15.0. The van der Waals surface area contributed by atoms with Gasteiger partial charge in [-0.2, -0.15) is 0 Å². The van der Waals surface area contributed by atoms with Crippen molar-refractivity contribution in [3.63, 3.8) is 0 Å². The molecule has 144 valence electrons. The quantitative estimate of drug-likeness (QED) is 0.543. The van der Waals surface area contributed by atoms with Gasteiger partial charge in [-0.3, -0.25) is 4.79 Å². The molecule has 3 aromatic carbocycles. The molecule has 1 aromatic heterocycles. The van der Waals surface area contributed by atoms with Gasteiger partial charge in [-0.15, -0.1) is 10.2 Å². The zero-order valence-electron chi connectivity index (χ0n) is 15.0. The Balaban J connectivity index is 1.70. The van der Waals surface area contributed by atoms with E-state index in [1.807, 2.05) is 30.3 Å². The van der Waals surface area contributed by atoms with Gasteiger partial charge in [0.2, 0.25) is 11.8 Å². The topological polar surface area (TPSA) is 68.0 Å². The molecule has 4 aromatic rings. The number of amides is 1. The highest BCUT2D eigenvalue weighted by Crippen LogP contribution is 2.26. The van der Waals surface area contributed by atoms with Crippen LogP contribution in [0.25, 0.3) is 11.5 Å². The number of hydrogen-bond donors (Lipinski definition) is 1. The van der Waals surface area contributed by atoms with E-state index in [-0.39, 0.29) is 17.3 Å². The van der Waals surface area contributed by atoms with Crippen molar-refractivity contribution < 1.29 is 18.0 Å². The van der Waals surface area contributed by atoms with Gasteiger partial charge in [-0.25, -0.2) is 8.78 Å². The highest BCUT2D eigenvalue weighted by molar-refractivity contribution is 5.94. The second-order valence-electron chi connectivity index (χ2n) is 6.25. The summed E-state index contributed by atoms with van der Waals surface area (Å²) < 4.78 is 33.1. The third-order valence-corrected chi connectivity index (χ3v) is 4.31. The van der Waals surface area contributed by atoms with Gasteiger partial charge in [0.1, 0.15) is 17.7 Å². The van der Waals surface area contributed by atoms with Gasteiger partial charge in [0.15, 0.2) is 0 Å². The first kappa shape index (κ1) is 18.5. The number of hydrogen-bond acceptors (Lipinski definition) is 4. The third-order valence-electron chi connectivity index (χ3n) is 4.31. The Labute approximate surface area is 165 Å². The van der Waals surface area contributed by atoms with Crippen LogP contribution in [0.1, 0.15) is 27.9 Å². The summed E-state index contributed by atoms with van der Waals surface area (Å²) in [7, 11) is 0. The molecule has 0 aliphatic heterocycles. The summed E-state index contributed by atoms with van der Waals surface area (Å²) >= 11 is 0. The molecule has 0 fully saturated rings. The van der Waals surface area contributed by atoms with Gasteiger partial charge < -0.3 is 9.73 Å². The largest absolute Gasteiger partial charge is 0.418 e. The van der Waals surface area contributed by atoms with E-state index in [1.165, 1.54) is 42.5 Å². The first-order valence-electron chi connectivity index (χ1n) is 8.81. The molecular weight excluding hydrogens is 376 g/mol. The summed E-state index contributed by atoms with van der Waals surface area (Å²) in [5.74, 6) is -1.37. The lowest BCUT2D eigenvalue weighted by Crippen LogP contribution is -2.30. The van der Waals surface area contributed by atoms with Crippen molar-refractivity contribution in [3.8, 4) is 11.5 Å². The molecule has 0 saturated heterocycles. The van der Waals surface area contributed by atoms with E-state index < -0.39 is 23.6 Å². The Morgan fingerprint density at radius 3 is 2.28 bits per heavy atom. The van der Waals surface area contributed by atoms with E-state index >= 15 is 0 Å². The van der Waals surface area contributed by atoms with Crippen molar-refractivity contribution in [2.75, 3.05) is 0 Å². The second-order valence-corrected chi connectivity index (χ2v) is 6.25. The minimum atomic E-state index is -0.882. The number of carbonyl (C=O) groups excluding carboxylic acids is 1. The van der Waals surface area contributed by atoms with Crippen LogP contribution in [-0.2, 0) is 0 Å². The summed E-state index contributed by atoms with van der Waals surface area (Å²) in [5.41, 5.74) is 1.10. The van der Waals surface area contributed by atoms with Crippen LogP contribution in [-0.4, -0.2) is 16.1 Å². The summed E-state index contributed by atoms with van der Waals surface area (Å²) in [6.45, 7) is 0. The van der Waals surface area contributed by atoms with Crippen LogP contribution < -0.4 is 5.32 Å². The number of nitrogens with zero attached hydrogens (tertiary/aromatic N) is 2. The molecule has 1 unspecified atom stereocenters. The molecule has 0 radical (unpaired) electrons. The van der Waals surface area contributed by atoms with Gasteiger partial charge in [-0.05, 0) is 42.0 Å². The lowest BCUT2D eigenvalue weighted by Gasteiger charge is -2.16. The van der Waals surface area contributed by atoms with Crippen LogP contribution in [0, 0.1) is 11.6 Å². The number of halogens is 2. The summed E-state index contributed by atoms with van der Waals surface area (Å²) in [5, 5.41) is 10.8. The van der Waals surface area contributed by atoms with Gasteiger partial charge in [0.25, 0.3) is 5.91 Å². The van der Waals surface area contributed by atoms with Crippen LogP contribution in [0.3, 0.4) is 0 Å². The van der Waals surface area contributed by atoms with Crippen LogP contribution in [0.4, 0.5) is 8.78 Å². The molecule has 4 rings (SSSR count). The average molecular weight is 391 g/mol. The van der Waals surface area contributed by atoms with Gasteiger partial charge in [0.05, 0.1) is 5.56 Å². The number of aromatic nitrogens is 2. The molecule has 5 nitrogen and oxygen atoms in total. The standard InChI is InChI=1S/C22H15F2N3O2/c23-16-12-10-14(11-13-16)19(25-20(28)17-8-4-5-9-18(17)24)22-27-26-21(29-22)15-6-2-1-3-7-15/h1-13,19H,(H,25,28). The smallest absolute Gasteiger partial charge is 0.255 e. The zero-order chi connectivity index (χ0) is 20.2. The molecular formula is C22H15F2N3O2. The maximum Gasteiger partial charge on any atom is 0.255 e. The first-order chi connectivity index (χ1) is 14.1. The highest BCUT2D eigenvalue weighted by atomic mass is 19.1. The minimum absolute atomic E-state index is 0.0974. The van der Waals surface area contributed by atoms with Crippen LogP contribution in [0.15, 0.2) is 83.3 Å². The normalized spacial score (nSPS) is 11.8. The fourth-order valence-electron chi connectivity index (χ4n) is 2.85. The average Bonchev–Trinajstić information content (AvgIpc) is 3.23. The first-order valence-corrected chi connectivity index (χ1v) is 8.81. The predicted octanol–water partition coefficient (Wildman–Crippen LogP) is 4.53. The molecule has 1 heterocycles. The Morgan fingerprint density at radius 1 is 0.862 bits per heavy atom. The molecule has 1 atom stereocenters. The molecule has 0 aliphatic rings. The van der Waals surface area contributed by atoms with Gasteiger partial charge in [-0.1, -0.05) is 42.5 Å². The fourth-order valence-corrected chi connectivity index (χ4v) is 2.85. The summed E-state index contributed by atoms with van der Waals surface area (Å²) in [4.78, 5) is 12.7. The maximum absolute atomic E-state index is 14.0. The van der Waals surface area contributed by atoms with E-state index in [0.29, 0.717) is 11.1 Å². The minimum Gasteiger partial charge on any atom is -0.418 e. The lowest BCUT2D eigenvalue weighted by molar-refractivity contribution is 0.0934. The Kier molecular flexibility index (Phi) is 5.11. The van der Waals surface area contributed by atoms with Gasteiger partial charge in [0, 0.05) is 5.56 Å². The van der Waals surface area contributed by atoms with E-state index in [4.69, 9.17) is 4.42 Å². The maximum atomic E-state index is 14.0. The molecule has 0 bridgehead atoms.